The van der Waals surface area contributed by atoms with Crippen LogP contribution in [0, 0.1) is 13.8 Å². The summed E-state index contributed by atoms with van der Waals surface area (Å²) in [6.07, 6.45) is 3.50. The Balaban J connectivity index is 1.88. The van der Waals surface area contributed by atoms with Crippen molar-refractivity contribution in [1.82, 2.24) is 34.6 Å². The van der Waals surface area contributed by atoms with E-state index < -0.39 is 0 Å². The van der Waals surface area contributed by atoms with Crippen molar-refractivity contribution in [1.29, 1.82) is 0 Å². The van der Waals surface area contributed by atoms with Crippen LogP contribution in [0.2, 0.25) is 0 Å². The molecule has 0 radical (unpaired) electrons. The van der Waals surface area contributed by atoms with E-state index in [1.807, 2.05) is 23.7 Å². The topological polar surface area (TPSA) is 73.8 Å². The predicted molar refractivity (Wildman–Crippen MR) is 88.3 cm³/mol. The molecule has 0 N–H and O–H groups in total. The first-order valence-electron chi connectivity index (χ1n) is 7.36. The molecule has 8 heteroatoms. The summed E-state index contributed by atoms with van der Waals surface area (Å²) in [7, 11) is 0. The van der Waals surface area contributed by atoms with E-state index in [1.165, 1.54) is 11.3 Å². The lowest BCUT2D eigenvalue weighted by molar-refractivity contribution is 0.634. The SMILES string of the molecule is CCn1nc(C)c(-c2nn3c(-c4cccnc4)nnc3s2)c1C. The van der Waals surface area contributed by atoms with E-state index in [0.717, 1.165) is 39.0 Å². The molecule has 0 aliphatic heterocycles. The van der Waals surface area contributed by atoms with Crippen molar-refractivity contribution in [3.05, 3.63) is 35.9 Å². The van der Waals surface area contributed by atoms with Gasteiger partial charge in [-0.15, -0.1) is 10.2 Å². The zero-order valence-electron chi connectivity index (χ0n) is 13.1. The predicted octanol–water partition coefficient (Wildman–Crippen LogP) is 2.75. The van der Waals surface area contributed by atoms with E-state index in [2.05, 4.69) is 34.1 Å². The highest BCUT2D eigenvalue weighted by Crippen LogP contribution is 2.32. The van der Waals surface area contributed by atoms with Crippen molar-refractivity contribution < 1.29 is 0 Å². The van der Waals surface area contributed by atoms with Gasteiger partial charge in [0.2, 0.25) is 4.96 Å². The van der Waals surface area contributed by atoms with Gasteiger partial charge in [0.25, 0.3) is 0 Å². The third kappa shape index (κ3) is 2.14. The van der Waals surface area contributed by atoms with Crippen molar-refractivity contribution in [3.63, 3.8) is 0 Å². The second-order valence-electron chi connectivity index (χ2n) is 5.23. The fourth-order valence-electron chi connectivity index (χ4n) is 2.71. The maximum absolute atomic E-state index is 4.72. The number of nitrogens with zero attached hydrogens (tertiary/aromatic N) is 7. The lowest BCUT2D eigenvalue weighted by atomic mass is 10.2. The molecular formula is C15H15N7S. The minimum absolute atomic E-state index is 0.703. The summed E-state index contributed by atoms with van der Waals surface area (Å²) in [6.45, 7) is 7.02. The Labute approximate surface area is 136 Å². The van der Waals surface area contributed by atoms with E-state index in [9.17, 15) is 0 Å². The van der Waals surface area contributed by atoms with Gasteiger partial charge in [0.1, 0.15) is 0 Å². The fraction of sp³-hybridized carbons (Fsp3) is 0.267. The second kappa shape index (κ2) is 5.24. The van der Waals surface area contributed by atoms with Gasteiger partial charge in [0, 0.05) is 30.2 Å². The molecule has 0 fully saturated rings. The summed E-state index contributed by atoms with van der Waals surface area (Å²) in [6, 6.07) is 3.83. The van der Waals surface area contributed by atoms with Crippen LogP contribution in [0.5, 0.6) is 0 Å². The molecule has 0 aromatic carbocycles. The first-order chi connectivity index (χ1) is 11.2. The van der Waals surface area contributed by atoms with E-state index in [0.29, 0.717) is 5.82 Å². The summed E-state index contributed by atoms with van der Waals surface area (Å²) in [4.78, 5) is 4.90. The molecule has 7 nitrogen and oxygen atoms in total. The highest BCUT2D eigenvalue weighted by Gasteiger charge is 2.19. The van der Waals surface area contributed by atoms with Gasteiger partial charge in [-0.25, -0.2) is 0 Å². The monoisotopic (exact) mass is 325 g/mol. The first kappa shape index (κ1) is 14.0. The molecular weight excluding hydrogens is 310 g/mol. The van der Waals surface area contributed by atoms with Gasteiger partial charge in [0.15, 0.2) is 10.8 Å². The van der Waals surface area contributed by atoms with Crippen molar-refractivity contribution in [2.75, 3.05) is 0 Å². The molecule has 0 bridgehead atoms. The van der Waals surface area contributed by atoms with E-state index in [1.54, 1.807) is 16.9 Å². The smallest absolute Gasteiger partial charge is 0.235 e. The summed E-state index contributed by atoms with van der Waals surface area (Å²) < 4.78 is 3.77. The Bertz CT molecular complexity index is 980. The van der Waals surface area contributed by atoms with Crippen LogP contribution in [0.25, 0.3) is 26.9 Å². The molecule has 0 aliphatic carbocycles. The standard InChI is InChI=1S/C15H15N7S/c1-4-21-10(3)12(9(2)19-21)14-20-22-13(17-18-15(22)23-14)11-6-5-7-16-8-11/h5-8H,4H2,1-3H3. The molecule has 23 heavy (non-hydrogen) atoms. The summed E-state index contributed by atoms with van der Waals surface area (Å²) in [5.41, 5.74) is 4.09. The summed E-state index contributed by atoms with van der Waals surface area (Å²) in [5, 5.41) is 18.7. The molecule has 0 spiro atoms. The first-order valence-corrected chi connectivity index (χ1v) is 8.17. The minimum Gasteiger partial charge on any atom is -0.269 e. The van der Waals surface area contributed by atoms with Gasteiger partial charge < -0.3 is 0 Å². The molecule has 116 valence electrons. The van der Waals surface area contributed by atoms with E-state index >= 15 is 0 Å². The van der Waals surface area contributed by atoms with Crippen LogP contribution in [0.1, 0.15) is 18.3 Å². The number of hydrogen-bond acceptors (Lipinski definition) is 6. The highest BCUT2D eigenvalue weighted by molar-refractivity contribution is 7.19. The Hall–Kier alpha value is -2.61. The summed E-state index contributed by atoms with van der Waals surface area (Å²) >= 11 is 1.52. The lowest BCUT2D eigenvalue weighted by Crippen LogP contribution is -1.98. The van der Waals surface area contributed by atoms with E-state index in [4.69, 9.17) is 5.10 Å². The number of rotatable bonds is 3. The Morgan fingerprint density at radius 3 is 2.74 bits per heavy atom. The molecule has 4 rings (SSSR count). The van der Waals surface area contributed by atoms with Gasteiger partial charge in [-0.05, 0) is 32.9 Å². The average Bonchev–Trinajstić information content (AvgIpc) is 3.20. The zero-order chi connectivity index (χ0) is 16.0. The molecule has 4 aromatic rings. The maximum Gasteiger partial charge on any atom is 0.235 e. The molecule has 0 unspecified atom stereocenters. The third-order valence-corrected chi connectivity index (χ3v) is 4.72. The number of aryl methyl sites for hydroxylation is 2. The van der Waals surface area contributed by atoms with Crippen LogP contribution in [-0.4, -0.2) is 34.6 Å². The molecule has 4 aromatic heterocycles. The molecule has 0 amide bonds. The van der Waals surface area contributed by atoms with E-state index in [-0.39, 0.29) is 0 Å². The number of aromatic nitrogens is 7. The zero-order valence-corrected chi connectivity index (χ0v) is 13.9. The van der Waals surface area contributed by atoms with Crippen LogP contribution in [0.4, 0.5) is 0 Å². The number of pyridine rings is 1. The molecule has 0 saturated heterocycles. The molecule has 0 saturated carbocycles. The van der Waals surface area contributed by atoms with Crippen molar-refractivity contribution >= 4 is 16.3 Å². The van der Waals surface area contributed by atoms with Crippen LogP contribution in [-0.2, 0) is 6.54 Å². The van der Waals surface area contributed by atoms with Crippen molar-refractivity contribution in [3.8, 4) is 22.0 Å². The lowest BCUT2D eigenvalue weighted by Gasteiger charge is -1.99. The normalized spacial score (nSPS) is 11.4. The Morgan fingerprint density at radius 1 is 1.17 bits per heavy atom. The number of hydrogen-bond donors (Lipinski definition) is 0. The summed E-state index contributed by atoms with van der Waals surface area (Å²) in [5.74, 6) is 0.703. The maximum atomic E-state index is 4.72. The quantitative estimate of drug-likeness (QED) is 0.579. The van der Waals surface area contributed by atoms with Crippen LogP contribution in [0.15, 0.2) is 24.5 Å². The van der Waals surface area contributed by atoms with Crippen molar-refractivity contribution in [2.45, 2.75) is 27.3 Å². The molecule has 0 aliphatic rings. The van der Waals surface area contributed by atoms with Crippen LogP contribution >= 0.6 is 11.3 Å². The second-order valence-corrected chi connectivity index (χ2v) is 6.18. The van der Waals surface area contributed by atoms with Gasteiger partial charge in [-0.3, -0.25) is 9.67 Å². The van der Waals surface area contributed by atoms with Crippen molar-refractivity contribution in [2.24, 2.45) is 0 Å². The molecule has 0 atom stereocenters. The van der Waals surface area contributed by atoms with Gasteiger partial charge in [0.05, 0.1) is 11.3 Å². The Kier molecular flexibility index (Phi) is 3.19. The average molecular weight is 325 g/mol. The largest absolute Gasteiger partial charge is 0.269 e. The Morgan fingerprint density at radius 2 is 2.04 bits per heavy atom. The van der Waals surface area contributed by atoms with Gasteiger partial charge >= 0.3 is 0 Å². The van der Waals surface area contributed by atoms with Gasteiger partial charge in [-0.2, -0.15) is 14.7 Å². The van der Waals surface area contributed by atoms with Crippen LogP contribution < -0.4 is 0 Å². The fourth-order valence-corrected chi connectivity index (χ4v) is 3.70. The minimum atomic E-state index is 0.703. The highest BCUT2D eigenvalue weighted by atomic mass is 32.1. The van der Waals surface area contributed by atoms with Gasteiger partial charge in [-0.1, -0.05) is 11.3 Å². The molecule has 4 heterocycles. The third-order valence-electron chi connectivity index (χ3n) is 3.81. The number of fused-ring (bicyclic) bond motifs is 1. The van der Waals surface area contributed by atoms with Crippen LogP contribution in [0.3, 0.4) is 0 Å².